The molecule has 1 N–H and O–H groups in total. The average Bonchev–Trinajstić information content (AvgIpc) is 2.51. The molecule has 0 aliphatic carbocycles. The molecule has 82 valence electrons. The number of carboxylic acids is 1. The van der Waals surface area contributed by atoms with Gasteiger partial charge in [-0.15, -0.1) is 0 Å². The lowest BCUT2D eigenvalue weighted by Gasteiger charge is -2.22. The highest BCUT2D eigenvalue weighted by Crippen LogP contribution is 2.26. The van der Waals surface area contributed by atoms with Crippen LogP contribution in [0.25, 0.3) is 0 Å². The van der Waals surface area contributed by atoms with E-state index < -0.39 is 5.97 Å². The van der Waals surface area contributed by atoms with Gasteiger partial charge in [0.25, 0.3) is 6.71 Å². The first-order valence-electron chi connectivity index (χ1n) is 5.23. The Balaban J connectivity index is 2.49. The van der Waals surface area contributed by atoms with Gasteiger partial charge in [0, 0.05) is 18.2 Å². The highest BCUT2D eigenvalue weighted by molar-refractivity contribution is 6.68. The van der Waals surface area contributed by atoms with Crippen molar-refractivity contribution in [3.8, 4) is 5.97 Å². The van der Waals surface area contributed by atoms with Crippen molar-refractivity contribution in [3.05, 3.63) is 17.0 Å². The molecule has 0 bridgehead atoms. The predicted molar refractivity (Wildman–Crippen MR) is 58.4 cm³/mol. The largest absolute Gasteiger partial charge is 0.478 e. The van der Waals surface area contributed by atoms with E-state index in [-0.39, 0.29) is 18.1 Å². The van der Waals surface area contributed by atoms with Gasteiger partial charge in [0.2, 0.25) is 0 Å². The van der Waals surface area contributed by atoms with Gasteiger partial charge in [-0.2, -0.15) is 5.10 Å². The van der Waals surface area contributed by atoms with Crippen molar-refractivity contribution in [1.29, 1.82) is 5.26 Å². The maximum Gasteiger partial charge on any atom is 0.339 e. The van der Waals surface area contributed by atoms with E-state index in [0.717, 1.165) is 0 Å². The van der Waals surface area contributed by atoms with Gasteiger partial charge in [0.15, 0.2) is 0 Å². The summed E-state index contributed by atoms with van der Waals surface area (Å²) in [6, 6.07) is 0. The fourth-order valence-corrected chi connectivity index (χ4v) is 2.25. The van der Waals surface area contributed by atoms with Crippen LogP contribution in [-0.4, -0.2) is 27.6 Å². The number of nitrogens with zero attached hydrogens (tertiary/aromatic N) is 3. The second kappa shape index (κ2) is 3.67. The zero-order chi connectivity index (χ0) is 11.9. The SMILES string of the molecule is Cc1nn2c(c1C(=O)O)CB(C#N)C(C)C2. The van der Waals surface area contributed by atoms with Crippen molar-refractivity contribution in [3.63, 3.8) is 0 Å². The first kappa shape index (κ1) is 10.7. The van der Waals surface area contributed by atoms with Crippen LogP contribution < -0.4 is 0 Å². The standard InChI is InChI=1S/C10H12BN3O2/c1-6-4-14-8(3-11(6)5-12)9(10(15)16)7(2)13-14/h6H,3-4H2,1-2H3,(H,15,16). The van der Waals surface area contributed by atoms with Crippen molar-refractivity contribution < 1.29 is 9.90 Å². The smallest absolute Gasteiger partial charge is 0.339 e. The Labute approximate surface area is 93.8 Å². The maximum absolute atomic E-state index is 11.1. The van der Waals surface area contributed by atoms with Gasteiger partial charge in [-0.3, -0.25) is 4.68 Å². The summed E-state index contributed by atoms with van der Waals surface area (Å²) in [5.74, 6) is 1.50. The number of carboxylic acid groups (broad SMARTS) is 1. The maximum atomic E-state index is 11.1. The quantitative estimate of drug-likeness (QED) is 0.709. The van der Waals surface area contributed by atoms with Crippen LogP contribution in [-0.2, 0) is 12.9 Å². The van der Waals surface area contributed by atoms with E-state index in [2.05, 4.69) is 11.1 Å². The third kappa shape index (κ3) is 1.49. The summed E-state index contributed by atoms with van der Waals surface area (Å²) in [4.78, 5) is 11.1. The first-order chi connectivity index (χ1) is 7.54. The van der Waals surface area contributed by atoms with Crippen LogP contribution in [0.15, 0.2) is 0 Å². The van der Waals surface area contributed by atoms with Crippen molar-refractivity contribution in [2.75, 3.05) is 0 Å². The van der Waals surface area contributed by atoms with E-state index in [1.165, 1.54) is 0 Å². The molecule has 0 aromatic carbocycles. The molecule has 1 aliphatic heterocycles. The van der Waals surface area contributed by atoms with E-state index in [1.807, 2.05) is 6.92 Å². The summed E-state index contributed by atoms with van der Waals surface area (Å²) < 4.78 is 1.73. The van der Waals surface area contributed by atoms with Gasteiger partial charge in [0.1, 0.15) is 5.56 Å². The van der Waals surface area contributed by atoms with E-state index in [1.54, 1.807) is 11.6 Å². The molecule has 0 amide bonds. The number of nitriles is 1. The lowest BCUT2D eigenvalue weighted by atomic mass is 9.39. The summed E-state index contributed by atoms with van der Waals surface area (Å²) in [5, 5.41) is 22.3. The van der Waals surface area contributed by atoms with Crippen LogP contribution in [0.3, 0.4) is 0 Å². The number of aryl methyl sites for hydroxylation is 1. The molecule has 1 unspecified atom stereocenters. The van der Waals surface area contributed by atoms with E-state index in [4.69, 9.17) is 10.4 Å². The molecule has 0 saturated heterocycles. The minimum Gasteiger partial charge on any atom is -0.478 e. The molecule has 0 spiro atoms. The number of hydrogen-bond donors (Lipinski definition) is 1. The third-order valence-electron chi connectivity index (χ3n) is 3.17. The van der Waals surface area contributed by atoms with Gasteiger partial charge in [-0.05, 0) is 19.1 Å². The number of fused-ring (bicyclic) bond motifs is 1. The molecule has 6 heteroatoms. The Morgan fingerprint density at radius 3 is 3.00 bits per heavy atom. The zero-order valence-electron chi connectivity index (χ0n) is 9.27. The molecule has 0 radical (unpaired) electrons. The van der Waals surface area contributed by atoms with Crippen molar-refractivity contribution in [1.82, 2.24) is 9.78 Å². The van der Waals surface area contributed by atoms with Gasteiger partial charge < -0.3 is 5.11 Å². The van der Waals surface area contributed by atoms with Gasteiger partial charge >= 0.3 is 5.97 Å². The summed E-state index contributed by atoms with van der Waals surface area (Å²) in [6.07, 6.45) is 0.486. The molecular weight excluding hydrogens is 205 g/mol. The molecule has 2 heterocycles. The second-order valence-corrected chi connectivity index (χ2v) is 4.31. The molecule has 1 aromatic heterocycles. The van der Waals surface area contributed by atoms with E-state index in [9.17, 15) is 4.79 Å². The highest BCUT2D eigenvalue weighted by atomic mass is 16.4. The Morgan fingerprint density at radius 2 is 2.44 bits per heavy atom. The van der Waals surface area contributed by atoms with Crippen LogP contribution in [0.2, 0.25) is 5.82 Å². The topological polar surface area (TPSA) is 78.9 Å². The average molecular weight is 217 g/mol. The lowest BCUT2D eigenvalue weighted by Crippen LogP contribution is -2.32. The molecule has 2 rings (SSSR count). The Kier molecular flexibility index (Phi) is 2.46. The minimum atomic E-state index is -0.954. The molecule has 16 heavy (non-hydrogen) atoms. The highest BCUT2D eigenvalue weighted by Gasteiger charge is 2.34. The minimum absolute atomic E-state index is 0.110. The Morgan fingerprint density at radius 1 is 1.75 bits per heavy atom. The number of aromatic carboxylic acids is 1. The lowest BCUT2D eigenvalue weighted by molar-refractivity contribution is 0.0695. The number of carbonyl (C=O) groups is 1. The van der Waals surface area contributed by atoms with Gasteiger partial charge in [0.05, 0.1) is 5.69 Å². The summed E-state index contributed by atoms with van der Waals surface area (Å²) >= 11 is 0. The van der Waals surface area contributed by atoms with Crippen molar-refractivity contribution in [2.45, 2.75) is 32.5 Å². The molecule has 1 aliphatic rings. The molecule has 0 fully saturated rings. The summed E-state index contributed by atoms with van der Waals surface area (Å²) in [7, 11) is 0. The van der Waals surface area contributed by atoms with Crippen LogP contribution in [0.5, 0.6) is 0 Å². The number of aromatic nitrogens is 2. The molecule has 5 nitrogen and oxygen atoms in total. The van der Waals surface area contributed by atoms with Crippen LogP contribution in [0.4, 0.5) is 0 Å². The fourth-order valence-electron chi connectivity index (χ4n) is 2.25. The Bertz CT molecular complexity index is 489. The number of hydrogen-bond acceptors (Lipinski definition) is 3. The van der Waals surface area contributed by atoms with Crippen LogP contribution in [0.1, 0.15) is 28.7 Å². The summed E-state index contributed by atoms with van der Waals surface area (Å²) in [6.45, 7) is 4.21. The normalized spacial score (nSPS) is 19.1. The van der Waals surface area contributed by atoms with Gasteiger partial charge in [-0.1, -0.05) is 6.92 Å². The third-order valence-corrected chi connectivity index (χ3v) is 3.17. The van der Waals surface area contributed by atoms with Gasteiger partial charge in [-0.25, -0.2) is 10.1 Å². The second-order valence-electron chi connectivity index (χ2n) is 4.31. The monoisotopic (exact) mass is 217 g/mol. The molecule has 0 saturated carbocycles. The van der Waals surface area contributed by atoms with E-state index >= 15 is 0 Å². The van der Waals surface area contributed by atoms with Crippen LogP contribution in [0, 0.1) is 18.2 Å². The molecular formula is C10H12BN3O2. The fraction of sp³-hybridized carbons (Fsp3) is 0.500. The Hall–Kier alpha value is -1.77. The van der Waals surface area contributed by atoms with Crippen molar-refractivity contribution in [2.24, 2.45) is 0 Å². The predicted octanol–water partition coefficient (Wildman–Crippen LogP) is 0.933. The zero-order valence-corrected chi connectivity index (χ0v) is 9.27. The van der Waals surface area contributed by atoms with Crippen molar-refractivity contribution >= 4 is 12.7 Å². The first-order valence-corrected chi connectivity index (χ1v) is 5.23. The van der Waals surface area contributed by atoms with Crippen LogP contribution >= 0.6 is 0 Å². The summed E-state index contributed by atoms with van der Waals surface area (Å²) in [5.41, 5.74) is 1.50. The number of rotatable bonds is 1. The molecule has 1 aromatic rings. The van der Waals surface area contributed by atoms with E-state index in [0.29, 0.717) is 24.3 Å². The molecule has 1 atom stereocenters.